The van der Waals surface area contributed by atoms with Gasteiger partial charge in [-0.2, -0.15) is 0 Å². The molecule has 2 N–H and O–H groups in total. The van der Waals surface area contributed by atoms with Gasteiger partial charge in [0.25, 0.3) is 0 Å². The fourth-order valence-electron chi connectivity index (χ4n) is 2.95. The summed E-state index contributed by atoms with van der Waals surface area (Å²) in [6, 6.07) is 15.0. The highest BCUT2D eigenvalue weighted by Crippen LogP contribution is 2.22. The Hall–Kier alpha value is -2.84. The lowest BCUT2D eigenvalue weighted by molar-refractivity contribution is -0.119. The van der Waals surface area contributed by atoms with E-state index in [-0.39, 0.29) is 17.6 Å². The molecule has 1 aromatic heterocycles. The van der Waals surface area contributed by atoms with Crippen molar-refractivity contribution in [1.29, 1.82) is 0 Å². The molecule has 0 aliphatic rings. The van der Waals surface area contributed by atoms with Gasteiger partial charge in [0, 0.05) is 23.7 Å². The summed E-state index contributed by atoms with van der Waals surface area (Å²) in [4.78, 5) is 24.1. The number of anilines is 1. The van der Waals surface area contributed by atoms with Crippen LogP contribution in [0.1, 0.15) is 25.3 Å². The Kier molecular flexibility index (Phi) is 8.49. The molecule has 9 heteroatoms. The number of aromatic nitrogens is 3. The fraction of sp³-hybridized carbons (Fsp3) is 0.273. The number of thioether (sulfide) groups is 1. The van der Waals surface area contributed by atoms with Crippen LogP contribution in [0.5, 0.6) is 0 Å². The second-order valence-corrected chi connectivity index (χ2v) is 8.14. The van der Waals surface area contributed by atoms with Crippen LogP contribution in [0.2, 0.25) is 5.02 Å². The number of amides is 2. The van der Waals surface area contributed by atoms with Gasteiger partial charge in [-0.05, 0) is 48.7 Å². The number of aryl methyl sites for hydroxylation is 1. The van der Waals surface area contributed by atoms with Crippen molar-refractivity contribution in [3.8, 4) is 5.69 Å². The van der Waals surface area contributed by atoms with Crippen molar-refractivity contribution in [3.63, 3.8) is 0 Å². The molecule has 2 aromatic carbocycles. The Morgan fingerprint density at radius 2 is 1.87 bits per heavy atom. The van der Waals surface area contributed by atoms with E-state index in [1.807, 2.05) is 22.8 Å². The van der Waals surface area contributed by atoms with Gasteiger partial charge in [-0.3, -0.25) is 14.2 Å². The van der Waals surface area contributed by atoms with E-state index in [4.69, 9.17) is 11.6 Å². The van der Waals surface area contributed by atoms with Gasteiger partial charge in [-0.25, -0.2) is 0 Å². The van der Waals surface area contributed by atoms with Crippen molar-refractivity contribution in [3.05, 3.63) is 65.4 Å². The molecule has 7 nitrogen and oxygen atoms in total. The number of hydrogen-bond acceptors (Lipinski definition) is 5. The van der Waals surface area contributed by atoms with Crippen molar-refractivity contribution < 1.29 is 9.59 Å². The lowest BCUT2D eigenvalue weighted by atomic mass is 10.1. The molecule has 0 spiro atoms. The molecule has 3 rings (SSSR count). The standard InChI is InChI=1S/C22H24ClN5O2S/c1-2-16-6-3-4-7-19(16)28-15-25-27-22(28)31-14-21(30)24-13-5-8-20(29)26-18-11-9-17(23)10-12-18/h3-4,6-7,9-12,15H,2,5,8,13-14H2,1H3,(H,24,30)(H,26,29). The first-order valence-corrected chi connectivity index (χ1v) is 11.4. The Morgan fingerprint density at radius 3 is 2.65 bits per heavy atom. The van der Waals surface area contributed by atoms with Crippen molar-refractivity contribution in [2.75, 3.05) is 17.6 Å². The normalized spacial score (nSPS) is 10.6. The van der Waals surface area contributed by atoms with Crippen LogP contribution in [-0.2, 0) is 16.0 Å². The number of nitrogens with zero attached hydrogens (tertiary/aromatic N) is 3. The van der Waals surface area contributed by atoms with Gasteiger partial charge in [0.1, 0.15) is 6.33 Å². The highest BCUT2D eigenvalue weighted by molar-refractivity contribution is 7.99. The minimum atomic E-state index is -0.110. The van der Waals surface area contributed by atoms with Crippen molar-refractivity contribution in [2.24, 2.45) is 0 Å². The lowest BCUT2D eigenvalue weighted by Gasteiger charge is -2.10. The van der Waals surface area contributed by atoms with Gasteiger partial charge in [0.2, 0.25) is 11.8 Å². The summed E-state index contributed by atoms with van der Waals surface area (Å²) in [6.07, 6.45) is 3.42. The monoisotopic (exact) mass is 457 g/mol. The summed E-state index contributed by atoms with van der Waals surface area (Å²) in [5.74, 6) is 0.0133. The average Bonchev–Trinajstić information content (AvgIpc) is 3.25. The largest absolute Gasteiger partial charge is 0.355 e. The summed E-state index contributed by atoms with van der Waals surface area (Å²) in [7, 11) is 0. The second-order valence-electron chi connectivity index (χ2n) is 6.76. The predicted octanol–water partition coefficient (Wildman–Crippen LogP) is 4.11. The highest BCUT2D eigenvalue weighted by Gasteiger charge is 2.12. The molecule has 0 unspecified atom stereocenters. The minimum Gasteiger partial charge on any atom is -0.355 e. The third-order valence-electron chi connectivity index (χ3n) is 4.51. The molecule has 0 saturated carbocycles. The molecule has 0 aliphatic heterocycles. The first kappa shape index (κ1) is 22.8. The lowest BCUT2D eigenvalue weighted by Crippen LogP contribution is -2.27. The molecule has 31 heavy (non-hydrogen) atoms. The number of carbonyl (C=O) groups excluding carboxylic acids is 2. The molecule has 1 heterocycles. The topological polar surface area (TPSA) is 88.9 Å². The Bertz CT molecular complexity index is 1020. The molecular formula is C22H24ClN5O2S. The first-order chi connectivity index (χ1) is 15.1. The van der Waals surface area contributed by atoms with E-state index in [2.05, 4.69) is 33.8 Å². The Labute approximate surface area is 190 Å². The third kappa shape index (κ3) is 6.83. The number of hydrogen-bond donors (Lipinski definition) is 2. The summed E-state index contributed by atoms with van der Waals surface area (Å²) in [5.41, 5.74) is 2.90. The summed E-state index contributed by atoms with van der Waals surface area (Å²) in [5, 5.41) is 15.1. The molecular weight excluding hydrogens is 434 g/mol. The van der Waals surface area contributed by atoms with Crippen LogP contribution >= 0.6 is 23.4 Å². The number of benzene rings is 2. The van der Waals surface area contributed by atoms with Crippen molar-refractivity contribution in [1.82, 2.24) is 20.1 Å². The molecule has 2 amide bonds. The molecule has 0 radical (unpaired) electrons. The van der Waals surface area contributed by atoms with E-state index in [0.29, 0.717) is 35.3 Å². The maximum absolute atomic E-state index is 12.2. The molecule has 0 fully saturated rings. The zero-order chi connectivity index (χ0) is 22.1. The highest BCUT2D eigenvalue weighted by atomic mass is 35.5. The van der Waals surface area contributed by atoms with Crippen LogP contribution in [0.4, 0.5) is 5.69 Å². The third-order valence-corrected chi connectivity index (χ3v) is 5.71. The molecule has 0 saturated heterocycles. The quantitative estimate of drug-likeness (QED) is 0.353. The van der Waals surface area contributed by atoms with Crippen LogP contribution in [0, 0.1) is 0 Å². The molecule has 0 atom stereocenters. The van der Waals surface area contributed by atoms with Gasteiger partial charge >= 0.3 is 0 Å². The first-order valence-electron chi connectivity index (χ1n) is 10.00. The molecule has 0 bridgehead atoms. The Morgan fingerprint density at radius 1 is 1.10 bits per heavy atom. The van der Waals surface area contributed by atoms with Crippen molar-refractivity contribution >= 4 is 40.9 Å². The number of para-hydroxylation sites is 1. The average molecular weight is 458 g/mol. The van der Waals surface area contributed by atoms with Gasteiger partial charge in [-0.1, -0.05) is 48.5 Å². The second kappa shape index (κ2) is 11.5. The smallest absolute Gasteiger partial charge is 0.230 e. The van der Waals surface area contributed by atoms with Crippen LogP contribution in [0.15, 0.2) is 60.0 Å². The van der Waals surface area contributed by atoms with Gasteiger partial charge in [-0.15, -0.1) is 10.2 Å². The molecule has 0 aliphatic carbocycles. The maximum atomic E-state index is 12.2. The van der Waals surface area contributed by atoms with Crippen LogP contribution in [-0.4, -0.2) is 38.9 Å². The Balaban J connectivity index is 1.40. The van der Waals surface area contributed by atoms with E-state index < -0.39 is 0 Å². The van der Waals surface area contributed by atoms with Crippen molar-refractivity contribution in [2.45, 2.75) is 31.3 Å². The van der Waals surface area contributed by atoms with Crippen LogP contribution in [0.3, 0.4) is 0 Å². The maximum Gasteiger partial charge on any atom is 0.230 e. The number of rotatable bonds is 10. The number of halogens is 1. The zero-order valence-electron chi connectivity index (χ0n) is 17.2. The van der Waals surface area contributed by atoms with E-state index in [1.54, 1.807) is 30.6 Å². The van der Waals surface area contributed by atoms with E-state index in [0.717, 1.165) is 12.1 Å². The van der Waals surface area contributed by atoms with E-state index >= 15 is 0 Å². The SMILES string of the molecule is CCc1ccccc1-n1cnnc1SCC(=O)NCCCC(=O)Nc1ccc(Cl)cc1. The van der Waals surface area contributed by atoms with Gasteiger partial charge in [0.05, 0.1) is 11.4 Å². The molecule has 3 aromatic rings. The molecule has 162 valence electrons. The summed E-state index contributed by atoms with van der Waals surface area (Å²) in [6.45, 7) is 2.53. The van der Waals surface area contributed by atoms with Gasteiger partial charge < -0.3 is 10.6 Å². The van der Waals surface area contributed by atoms with Crippen LogP contribution in [0.25, 0.3) is 5.69 Å². The number of carbonyl (C=O) groups is 2. The summed E-state index contributed by atoms with van der Waals surface area (Å²) >= 11 is 7.16. The minimum absolute atomic E-state index is 0.103. The van der Waals surface area contributed by atoms with Crippen LogP contribution < -0.4 is 10.6 Å². The fourth-order valence-corrected chi connectivity index (χ4v) is 3.83. The number of nitrogens with one attached hydrogen (secondary N) is 2. The van der Waals surface area contributed by atoms with E-state index in [1.165, 1.54) is 17.3 Å². The van der Waals surface area contributed by atoms with Gasteiger partial charge in [0.15, 0.2) is 5.16 Å². The predicted molar refractivity (Wildman–Crippen MR) is 124 cm³/mol. The van der Waals surface area contributed by atoms with E-state index in [9.17, 15) is 9.59 Å². The zero-order valence-corrected chi connectivity index (χ0v) is 18.7. The summed E-state index contributed by atoms with van der Waals surface area (Å²) < 4.78 is 1.90.